The predicted molar refractivity (Wildman–Crippen MR) is 43.9 cm³/mol. The van der Waals surface area contributed by atoms with Crippen LogP contribution in [0.4, 0.5) is 13.2 Å². The molecule has 0 aromatic carbocycles. The van der Waals surface area contributed by atoms with Crippen molar-refractivity contribution in [2.45, 2.75) is 31.6 Å². The van der Waals surface area contributed by atoms with Crippen molar-refractivity contribution < 1.29 is 27.9 Å². The number of carboxylic acids is 1. The Morgan fingerprint density at radius 2 is 1.80 bits per heavy atom. The first-order valence-electron chi connectivity index (χ1n) is 3.89. The molecule has 0 aromatic heterocycles. The molecule has 0 bridgehead atoms. The lowest BCUT2D eigenvalue weighted by atomic mass is 10.0. The fraction of sp³-hybridized carbons (Fsp3) is 0.714. The van der Waals surface area contributed by atoms with Gasteiger partial charge in [0.2, 0.25) is 5.91 Å². The number of nitrogens with one attached hydrogen (secondary N) is 1. The number of alkyl halides is 3. The normalized spacial score (nSPS) is 17.7. The van der Waals surface area contributed by atoms with E-state index in [4.69, 9.17) is 10.8 Å². The van der Waals surface area contributed by atoms with E-state index >= 15 is 0 Å². The SMILES string of the molecule is C[C@@H](NC(=O)C(C)(N)C(F)(F)F)C(=O)O. The average molecular weight is 228 g/mol. The molecule has 2 atom stereocenters. The molecule has 88 valence electrons. The molecule has 0 radical (unpaired) electrons. The van der Waals surface area contributed by atoms with Gasteiger partial charge >= 0.3 is 12.1 Å². The number of amides is 1. The molecule has 0 aliphatic carbocycles. The second-order valence-electron chi connectivity index (χ2n) is 3.23. The number of carbonyl (C=O) groups is 2. The van der Waals surface area contributed by atoms with E-state index < -0.39 is 29.6 Å². The molecule has 0 fully saturated rings. The van der Waals surface area contributed by atoms with E-state index in [2.05, 4.69) is 0 Å². The first-order chi connectivity index (χ1) is 6.50. The summed E-state index contributed by atoms with van der Waals surface area (Å²) >= 11 is 0. The van der Waals surface area contributed by atoms with Gasteiger partial charge in [0.1, 0.15) is 6.04 Å². The molecule has 1 amide bonds. The van der Waals surface area contributed by atoms with Gasteiger partial charge in [0.05, 0.1) is 0 Å². The van der Waals surface area contributed by atoms with Crippen LogP contribution < -0.4 is 11.1 Å². The van der Waals surface area contributed by atoms with Gasteiger partial charge in [-0.15, -0.1) is 0 Å². The van der Waals surface area contributed by atoms with E-state index in [-0.39, 0.29) is 0 Å². The Balaban J connectivity index is 4.66. The van der Waals surface area contributed by atoms with Crippen LogP contribution in [0, 0.1) is 0 Å². The zero-order valence-corrected chi connectivity index (χ0v) is 8.05. The smallest absolute Gasteiger partial charge is 0.415 e. The molecule has 0 rings (SSSR count). The Kier molecular flexibility index (Phi) is 3.70. The second-order valence-corrected chi connectivity index (χ2v) is 3.23. The van der Waals surface area contributed by atoms with Crippen molar-refractivity contribution in [1.82, 2.24) is 5.32 Å². The lowest BCUT2D eigenvalue weighted by Gasteiger charge is -2.27. The van der Waals surface area contributed by atoms with Gasteiger partial charge in [-0.2, -0.15) is 13.2 Å². The van der Waals surface area contributed by atoms with Gasteiger partial charge in [-0.3, -0.25) is 9.59 Å². The van der Waals surface area contributed by atoms with Crippen molar-refractivity contribution in [3.8, 4) is 0 Å². The van der Waals surface area contributed by atoms with E-state index in [0.29, 0.717) is 6.92 Å². The zero-order valence-electron chi connectivity index (χ0n) is 8.05. The number of nitrogens with two attached hydrogens (primary N) is 1. The number of aliphatic carboxylic acids is 1. The Morgan fingerprint density at radius 3 is 2.07 bits per heavy atom. The Bertz CT molecular complexity index is 275. The van der Waals surface area contributed by atoms with Crippen molar-refractivity contribution >= 4 is 11.9 Å². The number of carbonyl (C=O) groups excluding carboxylic acids is 1. The standard InChI is InChI=1S/C7H11F3N2O3/c1-3(4(13)14)12-5(15)6(2,11)7(8,9)10/h3H,11H2,1-2H3,(H,12,15)(H,13,14)/t3-,6?/m1/s1. The van der Waals surface area contributed by atoms with E-state index in [9.17, 15) is 22.8 Å². The third kappa shape index (κ3) is 3.08. The zero-order chi connectivity index (χ0) is 12.4. The van der Waals surface area contributed by atoms with Gasteiger partial charge in [-0.25, -0.2) is 0 Å². The third-order valence-corrected chi connectivity index (χ3v) is 1.78. The maximum Gasteiger partial charge on any atom is 0.415 e. The number of halogens is 3. The summed E-state index contributed by atoms with van der Waals surface area (Å²) in [5, 5.41) is 10.0. The van der Waals surface area contributed by atoms with Gasteiger partial charge in [0.25, 0.3) is 0 Å². The van der Waals surface area contributed by atoms with Gasteiger partial charge < -0.3 is 16.2 Å². The van der Waals surface area contributed by atoms with Crippen LogP contribution in [0.15, 0.2) is 0 Å². The Labute approximate surface area is 83.4 Å². The predicted octanol–water partition coefficient (Wildman–Crippen LogP) is -0.145. The van der Waals surface area contributed by atoms with Gasteiger partial charge in [-0.05, 0) is 13.8 Å². The lowest BCUT2D eigenvalue weighted by Crippen LogP contribution is -2.63. The molecule has 0 saturated carbocycles. The van der Waals surface area contributed by atoms with Crippen molar-refractivity contribution in [2.75, 3.05) is 0 Å². The first kappa shape index (κ1) is 13.7. The van der Waals surface area contributed by atoms with Crippen molar-refractivity contribution in [2.24, 2.45) is 5.73 Å². The molecule has 0 spiro atoms. The highest BCUT2D eigenvalue weighted by atomic mass is 19.4. The van der Waals surface area contributed by atoms with Crippen LogP contribution in [0.25, 0.3) is 0 Å². The molecule has 1 unspecified atom stereocenters. The van der Waals surface area contributed by atoms with Crippen LogP contribution >= 0.6 is 0 Å². The molecule has 0 aliphatic heterocycles. The highest BCUT2D eigenvalue weighted by Gasteiger charge is 2.54. The minimum absolute atomic E-state index is 0.469. The summed E-state index contributed by atoms with van der Waals surface area (Å²) in [6.45, 7) is 1.50. The van der Waals surface area contributed by atoms with Crippen molar-refractivity contribution in [1.29, 1.82) is 0 Å². The fourth-order valence-corrected chi connectivity index (χ4v) is 0.537. The highest BCUT2D eigenvalue weighted by Crippen LogP contribution is 2.27. The minimum atomic E-state index is -4.94. The number of hydrogen-bond acceptors (Lipinski definition) is 3. The van der Waals surface area contributed by atoms with E-state index in [1.54, 1.807) is 5.32 Å². The van der Waals surface area contributed by atoms with Crippen molar-refractivity contribution in [3.63, 3.8) is 0 Å². The maximum atomic E-state index is 12.2. The van der Waals surface area contributed by atoms with Crippen LogP contribution in [-0.2, 0) is 9.59 Å². The summed E-state index contributed by atoms with van der Waals surface area (Å²) in [6, 6.07) is -1.43. The molecular formula is C7H11F3N2O3. The van der Waals surface area contributed by atoms with Gasteiger partial charge in [0.15, 0.2) is 5.54 Å². The third-order valence-electron chi connectivity index (χ3n) is 1.78. The van der Waals surface area contributed by atoms with Crippen molar-refractivity contribution in [3.05, 3.63) is 0 Å². The summed E-state index contributed by atoms with van der Waals surface area (Å²) in [5.41, 5.74) is 1.66. The van der Waals surface area contributed by atoms with E-state index in [1.807, 2.05) is 0 Å². The molecular weight excluding hydrogens is 217 g/mol. The van der Waals surface area contributed by atoms with Crippen LogP contribution in [-0.4, -0.2) is 34.7 Å². The molecule has 8 heteroatoms. The van der Waals surface area contributed by atoms with Crippen LogP contribution in [0.5, 0.6) is 0 Å². The summed E-state index contributed by atoms with van der Waals surface area (Å²) < 4.78 is 36.6. The van der Waals surface area contributed by atoms with Gasteiger partial charge in [-0.1, -0.05) is 0 Å². The average Bonchev–Trinajstić information content (AvgIpc) is 2.01. The van der Waals surface area contributed by atoms with Crippen LogP contribution in [0.1, 0.15) is 13.8 Å². The number of carboxylic acid groups (broad SMARTS) is 1. The highest BCUT2D eigenvalue weighted by molar-refractivity contribution is 5.90. The number of hydrogen-bond donors (Lipinski definition) is 3. The molecule has 0 aromatic rings. The molecule has 0 heterocycles. The van der Waals surface area contributed by atoms with Crippen LogP contribution in [0.2, 0.25) is 0 Å². The first-order valence-corrected chi connectivity index (χ1v) is 3.89. The summed E-state index contributed by atoms with van der Waals surface area (Å²) in [4.78, 5) is 21.3. The molecule has 15 heavy (non-hydrogen) atoms. The maximum absolute atomic E-state index is 12.2. The summed E-state index contributed by atoms with van der Waals surface area (Å²) in [5.74, 6) is -3.02. The Morgan fingerprint density at radius 1 is 1.40 bits per heavy atom. The number of rotatable bonds is 3. The van der Waals surface area contributed by atoms with Gasteiger partial charge in [0, 0.05) is 0 Å². The topological polar surface area (TPSA) is 92.4 Å². The van der Waals surface area contributed by atoms with E-state index in [1.165, 1.54) is 0 Å². The van der Waals surface area contributed by atoms with Crippen LogP contribution in [0.3, 0.4) is 0 Å². The quantitative estimate of drug-likeness (QED) is 0.626. The largest absolute Gasteiger partial charge is 0.480 e. The second kappa shape index (κ2) is 4.05. The molecule has 4 N–H and O–H groups in total. The monoisotopic (exact) mass is 228 g/mol. The summed E-state index contributed by atoms with van der Waals surface area (Å²) in [7, 11) is 0. The Hall–Kier alpha value is -1.31. The minimum Gasteiger partial charge on any atom is -0.480 e. The lowest BCUT2D eigenvalue weighted by molar-refractivity contribution is -0.188. The molecule has 5 nitrogen and oxygen atoms in total. The summed E-state index contributed by atoms with van der Waals surface area (Å²) in [6.07, 6.45) is -4.94. The molecule has 0 aliphatic rings. The van der Waals surface area contributed by atoms with E-state index in [0.717, 1.165) is 6.92 Å². The fourth-order valence-electron chi connectivity index (χ4n) is 0.537. The molecule has 0 saturated heterocycles.